The van der Waals surface area contributed by atoms with Crippen molar-refractivity contribution in [1.29, 1.82) is 0 Å². The number of carbonyl (C=O) groups is 1. The van der Waals surface area contributed by atoms with Gasteiger partial charge in [-0.1, -0.05) is 18.5 Å². The second-order valence-corrected chi connectivity index (χ2v) is 4.73. The fourth-order valence-electron chi connectivity index (χ4n) is 0.924. The summed E-state index contributed by atoms with van der Waals surface area (Å²) in [7, 11) is 0. The standard InChI is InChI=1S/C9H12ClNOS/c1-3-9(2,11)7(12)6-4-5-13-8(6)10/h4-5H,3,11H2,1-2H3. The van der Waals surface area contributed by atoms with Gasteiger partial charge >= 0.3 is 0 Å². The monoisotopic (exact) mass is 217 g/mol. The Bertz CT molecular complexity index is 319. The zero-order chi connectivity index (χ0) is 10.1. The Morgan fingerprint density at radius 1 is 1.77 bits per heavy atom. The van der Waals surface area contributed by atoms with Crippen LogP contribution in [0, 0.1) is 0 Å². The van der Waals surface area contributed by atoms with E-state index in [0.29, 0.717) is 16.3 Å². The Balaban J connectivity index is 2.98. The summed E-state index contributed by atoms with van der Waals surface area (Å²) in [5.41, 5.74) is 5.56. The van der Waals surface area contributed by atoms with Crippen molar-refractivity contribution in [3.8, 4) is 0 Å². The summed E-state index contributed by atoms with van der Waals surface area (Å²) in [6.45, 7) is 3.61. The van der Waals surface area contributed by atoms with E-state index in [0.717, 1.165) is 0 Å². The molecular formula is C9H12ClNOS. The summed E-state index contributed by atoms with van der Waals surface area (Å²) < 4.78 is 0.523. The molecule has 0 spiro atoms. The lowest BCUT2D eigenvalue weighted by atomic mass is 9.91. The summed E-state index contributed by atoms with van der Waals surface area (Å²) in [6.07, 6.45) is 0.609. The molecule has 0 saturated heterocycles. The van der Waals surface area contributed by atoms with E-state index in [9.17, 15) is 4.79 Å². The second kappa shape index (κ2) is 3.78. The number of hydrogen-bond donors (Lipinski definition) is 1. The fraction of sp³-hybridized carbons (Fsp3) is 0.444. The lowest BCUT2D eigenvalue weighted by molar-refractivity contribution is 0.0898. The molecule has 0 amide bonds. The summed E-state index contributed by atoms with van der Waals surface area (Å²) in [4.78, 5) is 11.8. The third-order valence-electron chi connectivity index (χ3n) is 2.12. The van der Waals surface area contributed by atoms with Gasteiger partial charge in [0, 0.05) is 5.56 Å². The van der Waals surface area contributed by atoms with Crippen molar-refractivity contribution >= 4 is 28.7 Å². The summed E-state index contributed by atoms with van der Waals surface area (Å²) in [5, 5.41) is 1.79. The van der Waals surface area contributed by atoms with E-state index in [2.05, 4.69) is 0 Å². The molecule has 1 atom stereocenters. The quantitative estimate of drug-likeness (QED) is 0.792. The number of halogens is 1. The molecule has 1 unspecified atom stereocenters. The first-order valence-electron chi connectivity index (χ1n) is 4.05. The predicted octanol–water partition coefficient (Wildman–Crippen LogP) is 2.71. The Morgan fingerprint density at radius 2 is 2.38 bits per heavy atom. The maximum atomic E-state index is 11.8. The molecule has 13 heavy (non-hydrogen) atoms. The first-order valence-corrected chi connectivity index (χ1v) is 5.31. The minimum atomic E-state index is -0.801. The molecule has 4 heteroatoms. The van der Waals surface area contributed by atoms with Gasteiger partial charge in [0.2, 0.25) is 0 Å². The smallest absolute Gasteiger partial charge is 0.184 e. The molecule has 0 aromatic carbocycles. The predicted molar refractivity (Wildman–Crippen MR) is 56.5 cm³/mol. The summed E-state index contributed by atoms with van der Waals surface area (Å²) in [5.74, 6) is -0.0822. The van der Waals surface area contributed by atoms with E-state index in [-0.39, 0.29) is 5.78 Å². The zero-order valence-electron chi connectivity index (χ0n) is 7.63. The highest BCUT2D eigenvalue weighted by Gasteiger charge is 2.28. The molecule has 0 radical (unpaired) electrons. The zero-order valence-corrected chi connectivity index (χ0v) is 9.21. The van der Waals surface area contributed by atoms with Crippen LogP contribution < -0.4 is 5.73 Å². The lowest BCUT2D eigenvalue weighted by Crippen LogP contribution is -2.44. The van der Waals surface area contributed by atoms with Gasteiger partial charge in [0.25, 0.3) is 0 Å². The molecular weight excluding hydrogens is 206 g/mol. The highest BCUT2D eigenvalue weighted by Crippen LogP contribution is 2.26. The molecule has 0 fully saturated rings. The van der Waals surface area contributed by atoms with Crippen molar-refractivity contribution in [2.45, 2.75) is 25.8 Å². The molecule has 1 aromatic heterocycles. The van der Waals surface area contributed by atoms with E-state index in [1.54, 1.807) is 18.4 Å². The average molecular weight is 218 g/mol. The third kappa shape index (κ3) is 2.10. The van der Waals surface area contributed by atoms with E-state index in [1.807, 2.05) is 6.92 Å². The Hall–Kier alpha value is -0.380. The van der Waals surface area contributed by atoms with Gasteiger partial charge < -0.3 is 5.73 Å². The second-order valence-electron chi connectivity index (χ2n) is 3.21. The average Bonchev–Trinajstić information content (AvgIpc) is 2.50. The van der Waals surface area contributed by atoms with Crippen molar-refractivity contribution in [1.82, 2.24) is 0 Å². The molecule has 0 aliphatic heterocycles. The SMILES string of the molecule is CCC(C)(N)C(=O)c1ccsc1Cl. The lowest BCUT2D eigenvalue weighted by Gasteiger charge is -2.20. The summed E-state index contributed by atoms with van der Waals surface area (Å²) in [6, 6.07) is 1.72. The highest BCUT2D eigenvalue weighted by molar-refractivity contribution is 7.14. The van der Waals surface area contributed by atoms with Crippen molar-refractivity contribution in [3.05, 3.63) is 21.3 Å². The molecule has 72 valence electrons. The number of ketones is 1. The minimum absolute atomic E-state index is 0.0822. The molecule has 0 aliphatic rings. The highest BCUT2D eigenvalue weighted by atomic mass is 35.5. The first kappa shape index (κ1) is 10.7. The molecule has 1 heterocycles. The van der Waals surface area contributed by atoms with Gasteiger partial charge in [0.05, 0.1) is 5.54 Å². The molecule has 0 aliphatic carbocycles. The van der Waals surface area contributed by atoms with Crippen molar-refractivity contribution in [2.75, 3.05) is 0 Å². The molecule has 1 rings (SSSR count). The minimum Gasteiger partial charge on any atom is -0.319 e. The molecule has 0 bridgehead atoms. The van der Waals surface area contributed by atoms with E-state index < -0.39 is 5.54 Å². The van der Waals surface area contributed by atoms with Gasteiger partial charge in [0.1, 0.15) is 4.34 Å². The molecule has 1 aromatic rings. The van der Waals surface area contributed by atoms with Crippen molar-refractivity contribution < 1.29 is 4.79 Å². The maximum absolute atomic E-state index is 11.8. The number of rotatable bonds is 3. The van der Waals surface area contributed by atoms with Crippen LogP contribution in [-0.2, 0) is 0 Å². The maximum Gasteiger partial charge on any atom is 0.184 e. The number of nitrogens with two attached hydrogens (primary N) is 1. The van der Waals surface area contributed by atoms with Gasteiger partial charge in [-0.15, -0.1) is 11.3 Å². The van der Waals surface area contributed by atoms with Crippen molar-refractivity contribution in [3.63, 3.8) is 0 Å². The topological polar surface area (TPSA) is 43.1 Å². The number of carbonyl (C=O) groups excluding carboxylic acids is 1. The van der Waals surface area contributed by atoms with E-state index >= 15 is 0 Å². The van der Waals surface area contributed by atoms with Gasteiger partial charge in [-0.05, 0) is 24.8 Å². The third-order valence-corrected chi connectivity index (χ3v) is 3.29. The Kier molecular flexibility index (Phi) is 3.11. The van der Waals surface area contributed by atoms with Crippen LogP contribution in [0.1, 0.15) is 30.6 Å². The van der Waals surface area contributed by atoms with Crippen LogP contribution in [0.5, 0.6) is 0 Å². The molecule has 2 N–H and O–H groups in total. The first-order chi connectivity index (χ1) is 5.99. The number of hydrogen-bond acceptors (Lipinski definition) is 3. The van der Waals surface area contributed by atoms with Crippen LogP contribution in [-0.4, -0.2) is 11.3 Å². The Labute approximate surface area is 86.7 Å². The largest absolute Gasteiger partial charge is 0.319 e. The van der Waals surface area contributed by atoms with Gasteiger partial charge in [-0.25, -0.2) is 0 Å². The van der Waals surface area contributed by atoms with Gasteiger partial charge in [0.15, 0.2) is 5.78 Å². The van der Waals surface area contributed by atoms with Crippen LogP contribution in [0.25, 0.3) is 0 Å². The van der Waals surface area contributed by atoms with Crippen LogP contribution in [0.3, 0.4) is 0 Å². The van der Waals surface area contributed by atoms with Crippen LogP contribution in [0.4, 0.5) is 0 Å². The summed E-state index contributed by atoms with van der Waals surface area (Å²) >= 11 is 7.19. The van der Waals surface area contributed by atoms with Crippen LogP contribution in [0.15, 0.2) is 11.4 Å². The number of thiophene rings is 1. The van der Waals surface area contributed by atoms with E-state index in [4.69, 9.17) is 17.3 Å². The Morgan fingerprint density at radius 3 is 2.77 bits per heavy atom. The molecule has 2 nitrogen and oxygen atoms in total. The molecule has 0 saturated carbocycles. The normalized spacial score (nSPS) is 15.4. The number of Topliss-reactive ketones (excluding diaryl/α,β-unsaturated/α-hetero) is 1. The van der Waals surface area contributed by atoms with Crippen LogP contribution >= 0.6 is 22.9 Å². The van der Waals surface area contributed by atoms with Crippen LogP contribution in [0.2, 0.25) is 4.34 Å². The van der Waals surface area contributed by atoms with E-state index in [1.165, 1.54) is 11.3 Å². The van der Waals surface area contributed by atoms with Crippen molar-refractivity contribution in [2.24, 2.45) is 5.73 Å². The fourth-order valence-corrected chi connectivity index (χ4v) is 1.84. The van der Waals surface area contributed by atoms with Gasteiger partial charge in [-0.2, -0.15) is 0 Å². The van der Waals surface area contributed by atoms with Gasteiger partial charge in [-0.3, -0.25) is 4.79 Å².